The summed E-state index contributed by atoms with van der Waals surface area (Å²) >= 11 is 0. The van der Waals surface area contributed by atoms with Crippen LogP contribution in [0.1, 0.15) is 27.7 Å². The Morgan fingerprint density at radius 3 is 2.26 bits per heavy atom. The molecular formula is C13H20N2O4. The fourth-order valence-electron chi connectivity index (χ4n) is 1.39. The number of nitro groups is 1. The topological polar surface area (TPSA) is 84.6 Å². The molecule has 1 rings (SSSR count). The lowest BCUT2D eigenvalue weighted by Gasteiger charge is -2.38. The molecule has 0 unspecified atom stereocenters. The number of benzene rings is 1. The Morgan fingerprint density at radius 1 is 1.26 bits per heavy atom. The largest absolute Gasteiger partial charge is 0.496 e. The Kier molecular flexibility index (Phi) is 4.05. The van der Waals surface area contributed by atoms with Crippen molar-refractivity contribution in [3.8, 4) is 5.75 Å². The van der Waals surface area contributed by atoms with Gasteiger partial charge in [-0.2, -0.15) is 0 Å². The summed E-state index contributed by atoms with van der Waals surface area (Å²) in [5.74, 6) is 0.392. The van der Waals surface area contributed by atoms with E-state index in [2.05, 4.69) is 5.32 Å². The van der Waals surface area contributed by atoms with Gasteiger partial charge in [-0.3, -0.25) is 10.1 Å². The van der Waals surface area contributed by atoms with Gasteiger partial charge in [-0.05, 0) is 27.7 Å². The van der Waals surface area contributed by atoms with E-state index in [1.54, 1.807) is 19.9 Å². The maximum absolute atomic E-state index is 10.9. The van der Waals surface area contributed by atoms with Crippen LogP contribution in [0.5, 0.6) is 5.75 Å². The van der Waals surface area contributed by atoms with Crippen molar-refractivity contribution in [2.24, 2.45) is 0 Å². The molecule has 1 aromatic rings. The SMILES string of the molecule is COc1cc(NC(C)(C)C(C)(C)O)cc([N+](=O)[O-])c1. The van der Waals surface area contributed by atoms with Crippen molar-refractivity contribution < 1.29 is 14.8 Å². The van der Waals surface area contributed by atoms with E-state index in [4.69, 9.17) is 4.74 Å². The number of nitrogens with zero attached hydrogens (tertiary/aromatic N) is 1. The fourth-order valence-corrected chi connectivity index (χ4v) is 1.39. The highest BCUT2D eigenvalue weighted by molar-refractivity contribution is 5.57. The predicted molar refractivity (Wildman–Crippen MR) is 73.6 cm³/mol. The lowest BCUT2D eigenvalue weighted by Crippen LogP contribution is -2.51. The van der Waals surface area contributed by atoms with Gasteiger partial charge in [0.1, 0.15) is 5.75 Å². The third kappa shape index (κ3) is 3.57. The van der Waals surface area contributed by atoms with E-state index < -0.39 is 16.1 Å². The van der Waals surface area contributed by atoms with Gasteiger partial charge in [0.15, 0.2) is 0 Å². The van der Waals surface area contributed by atoms with Gasteiger partial charge in [0.25, 0.3) is 5.69 Å². The number of nitrogens with one attached hydrogen (secondary N) is 1. The average Bonchev–Trinajstić information content (AvgIpc) is 2.26. The second-order valence-electron chi connectivity index (χ2n) is 5.49. The quantitative estimate of drug-likeness (QED) is 0.633. The van der Waals surface area contributed by atoms with Crippen LogP contribution >= 0.6 is 0 Å². The first-order valence-electron chi connectivity index (χ1n) is 5.91. The number of hydrogen-bond acceptors (Lipinski definition) is 5. The molecule has 0 saturated heterocycles. The highest BCUT2D eigenvalue weighted by Crippen LogP contribution is 2.31. The number of nitro benzene ring substituents is 1. The van der Waals surface area contributed by atoms with Crippen LogP contribution in [0, 0.1) is 10.1 Å². The van der Waals surface area contributed by atoms with Crippen molar-refractivity contribution >= 4 is 11.4 Å². The normalized spacial score (nSPS) is 12.1. The molecule has 0 aromatic heterocycles. The van der Waals surface area contributed by atoms with E-state index in [1.807, 2.05) is 13.8 Å². The van der Waals surface area contributed by atoms with Crippen LogP contribution in [0.3, 0.4) is 0 Å². The van der Waals surface area contributed by atoms with Crippen LogP contribution in [0.25, 0.3) is 0 Å². The molecule has 2 N–H and O–H groups in total. The number of aliphatic hydroxyl groups is 1. The standard InChI is InChI=1S/C13H20N2O4/c1-12(2,13(3,4)16)14-9-6-10(15(17)18)8-11(7-9)19-5/h6-8,14,16H,1-5H3. The van der Waals surface area contributed by atoms with Gasteiger partial charge in [0.2, 0.25) is 0 Å². The molecule has 0 bridgehead atoms. The lowest BCUT2D eigenvalue weighted by molar-refractivity contribution is -0.384. The van der Waals surface area contributed by atoms with Gasteiger partial charge in [0.05, 0.1) is 29.2 Å². The van der Waals surface area contributed by atoms with Gasteiger partial charge in [0, 0.05) is 17.8 Å². The van der Waals surface area contributed by atoms with Crippen molar-refractivity contribution in [2.75, 3.05) is 12.4 Å². The minimum absolute atomic E-state index is 0.0617. The van der Waals surface area contributed by atoms with Crippen molar-refractivity contribution in [1.82, 2.24) is 0 Å². The Morgan fingerprint density at radius 2 is 1.84 bits per heavy atom. The molecule has 1 aromatic carbocycles. The first-order valence-corrected chi connectivity index (χ1v) is 5.91. The summed E-state index contributed by atoms with van der Waals surface area (Å²) < 4.78 is 5.04. The molecule has 0 saturated carbocycles. The summed E-state index contributed by atoms with van der Waals surface area (Å²) in [7, 11) is 1.45. The van der Waals surface area contributed by atoms with E-state index >= 15 is 0 Å². The molecular weight excluding hydrogens is 248 g/mol. The smallest absolute Gasteiger partial charge is 0.275 e. The average molecular weight is 268 g/mol. The molecule has 0 heterocycles. The summed E-state index contributed by atoms with van der Waals surface area (Å²) in [6.07, 6.45) is 0. The van der Waals surface area contributed by atoms with E-state index in [0.717, 1.165) is 0 Å². The first-order chi connectivity index (χ1) is 8.56. The summed E-state index contributed by atoms with van der Waals surface area (Å²) in [5, 5.41) is 24.0. The molecule has 0 aliphatic carbocycles. The third-order valence-corrected chi connectivity index (χ3v) is 3.32. The Hall–Kier alpha value is -1.82. The van der Waals surface area contributed by atoms with Gasteiger partial charge in [-0.1, -0.05) is 0 Å². The minimum Gasteiger partial charge on any atom is -0.496 e. The molecule has 0 aliphatic heterocycles. The van der Waals surface area contributed by atoms with Crippen LogP contribution in [0.2, 0.25) is 0 Å². The van der Waals surface area contributed by atoms with E-state index in [0.29, 0.717) is 11.4 Å². The monoisotopic (exact) mass is 268 g/mol. The zero-order valence-electron chi connectivity index (χ0n) is 11.9. The van der Waals surface area contributed by atoms with Gasteiger partial charge in [-0.15, -0.1) is 0 Å². The second kappa shape index (κ2) is 5.05. The Bertz CT molecular complexity index is 478. The number of anilines is 1. The summed E-state index contributed by atoms with van der Waals surface area (Å²) in [6, 6.07) is 4.42. The summed E-state index contributed by atoms with van der Waals surface area (Å²) in [5.41, 5.74) is -1.19. The molecule has 0 spiro atoms. The molecule has 0 atom stereocenters. The zero-order chi connectivity index (χ0) is 14.8. The molecule has 19 heavy (non-hydrogen) atoms. The molecule has 0 aliphatic rings. The number of hydrogen-bond donors (Lipinski definition) is 2. The number of rotatable bonds is 5. The predicted octanol–water partition coefficient (Wildman–Crippen LogP) is 2.56. The maximum atomic E-state index is 10.9. The summed E-state index contributed by atoms with van der Waals surface area (Å²) in [6.45, 7) is 6.99. The van der Waals surface area contributed by atoms with E-state index in [-0.39, 0.29) is 5.69 Å². The summed E-state index contributed by atoms with van der Waals surface area (Å²) in [4.78, 5) is 10.4. The lowest BCUT2D eigenvalue weighted by atomic mass is 9.86. The van der Waals surface area contributed by atoms with Crippen LogP contribution < -0.4 is 10.1 Å². The first kappa shape index (κ1) is 15.2. The van der Waals surface area contributed by atoms with Crippen molar-refractivity contribution in [1.29, 1.82) is 0 Å². The molecule has 6 heteroatoms. The van der Waals surface area contributed by atoms with Gasteiger partial charge >= 0.3 is 0 Å². The van der Waals surface area contributed by atoms with Crippen LogP contribution in [-0.4, -0.2) is 28.3 Å². The molecule has 0 fully saturated rings. The van der Waals surface area contributed by atoms with E-state index in [9.17, 15) is 15.2 Å². The second-order valence-corrected chi connectivity index (χ2v) is 5.49. The minimum atomic E-state index is -0.995. The highest BCUT2D eigenvalue weighted by atomic mass is 16.6. The van der Waals surface area contributed by atoms with Gasteiger partial charge < -0.3 is 15.2 Å². The van der Waals surface area contributed by atoms with Gasteiger partial charge in [-0.25, -0.2) is 0 Å². The highest BCUT2D eigenvalue weighted by Gasteiger charge is 2.35. The number of ether oxygens (including phenoxy) is 1. The fraction of sp³-hybridized carbons (Fsp3) is 0.538. The zero-order valence-corrected chi connectivity index (χ0v) is 11.9. The van der Waals surface area contributed by atoms with Crippen molar-refractivity contribution in [2.45, 2.75) is 38.8 Å². The van der Waals surface area contributed by atoms with Crippen LogP contribution in [-0.2, 0) is 0 Å². The maximum Gasteiger partial charge on any atom is 0.275 e. The molecule has 6 nitrogen and oxygen atoms in total. The third-order valence-electron chi connectivity index (χ3n) is 3.32. The van der Waals surface area contributed by atoms with E-state index in [1.165, 1.54) is 19.2 Å². The molecule has 106 valence electrons. The number of methoxy groups -OCH3 is 1. The van der Waals surface area contributed by atoms with Crippen molar-refractivity contribution in [3.05, 3.63) is 28.3 Å². The molecule has 0 radical (unpaired) electrons. The van der Waals surface area contributed by atoms with Crippen LogP contribution in [0.15, 0.2) is 18.2 Å². The van der Waals surface area contributed by atoms with Crippen molar-refractivity contribution in [3.63, 3.8) is 0 Å². The van der Waals surface area contributed by atoms with Crippen LogP contribution in [0.4, 0.5) is 11.4 Å². The Labute approximate surface area is 112 Å². The molecule has 0 amide bonds. The Balaban J connectivity index is 3.14. The number of non-ortho nitro benzene ring substituents is 1.